The first-order chi connectivity index (χ1) is 16.4. The van der Waals surface area contributed by atoms with Gasteiger partial charge in [0, 0.05) is 42.1 Å². The van der Waals surface area contributed by atoms with Crippen LogP contribution in [0.15, 0.2) is 103 Å². The second-order valence-corrected chi connectivity index (χ2v) is 9.96. The van der Waals surface area contributed by atoms with Crippen LogP contribution in [0, 0.1) is 0 Å². The standard InChI is InChI=1S/C28H17N2O2P/c1-3-16-29-20(10-1)18-8-5-14-24-26(18)31-22-12-7-13-23-28(22)33(24)25-15-6-9-19(27(25)32-23)21-11-2-4-17-30-21/h1-17H. The second kappa shape index (κ2) is 7.26. The van der Waals surface area contributed by atoms with Crippen LogP contribution < -0.4 is 25.4 Å². The molecule has 4 heterocycles. The van der Waals surface area contributed by atoms with E-state index in [4.69, 9.17) is 9.47 Å². The highest BCUT2D eigenvalue weighted by atomic mass is 31.1. The van der Waals surface area contributed by atoms with Crippen molar-refractivity contribution in [1.29, 1.82) is 0 Å². The molecular formula is C28H17N2O2P. The first-order valence-corrected chi connectivity index (χ1v) is 12.1. The van der Waals surface area contributed by atoms with Crippen LogP contribution in [-0.4, -0.2) is 9.97 Å². The summed E-state index contributed by atoms with van der Waals surface area (Å²) in [5, 5.41) is 3.48. The number of hydrogen-bond donors (Lipinski definition) is 0. The van der Waals surface area contributed by atoms with Crippen molar-refractivity contribution in [3.63, 3.8) is 0 Å². The molecule has 0 unspecified atom stereocenters. The van der Waals surface area contributed by atoms with E-state index < -0.39 is 7.92 Å². The third-order valence-corrected chi connectivity index (χ3v) is 8.52. The predicted molar refractivity (Wildman–Crippen MR) is 132 cm³/mol. The number of nitrogens with zero attached hydrogens (tertiary/aromatic N) is 2. The van der Waals surface area contributed by atoms with Gasteiger partial charge in [-0.3, -0.25) is 9.97 Å². The SMILES string of the molecule is c1ccc(-c2cccc3c2Oc2cccc4c2P3c2cccc(-c3ccccn3)c2O4)nc1. The van der Waals surface area contributed by atoms with Crippen LogP contribution in [0.4, 0.5) is 0 Å². The summed E-state index contributed by atoms with van der Waals surface area (Å²) >= 11 is 0. The van der Waals surface area contributed by atoms with E-state index in [9.17, 15) is 0 Å². The Hall–Kier alpha value is -4.01. The Balaban J connectivity index is 1.50. The van der Waals surface area contributed by atoms with Gasteiger partial charge in [0.05, 0.1) is 16.7 Å². The van der Waals surface area contributed by atoms with Crippen LogP contribution in [0.25, 0.3) is 22.5 Å². The van der Waals surface area contributed by atoms with E-state index in [0.717, 1.165) is 50.8 Å². The van der Waals surface area contributed by atoms with Crippen molar-refractivity contribution < 1.29 is 9.47 Å². The lowest BCUT2D eigenvalue weighted by atomic mass is 10.1. The minimum absolute atomic E-state index is 0.850. The third kappa shape index (κ3) is 2.81. The van der Waals surface area contributed by atoms with Crippen molar-refractivity contribution in [2.45, 2.75) is 0 Å². The topological polar surface area (TPSA) is 44.2 Å². The first-order valence-electron chi connectivity index (χ1n) is 10.8. The number of hydrogen-bond acceptors (Lipinski definition) is 4. The fourth-order valence-electron chi connectivity index (χ4n) is 4.54. The zero-order valence-corrected chi connectivity index (χ0v) is 18.4. The molecule has 33 heavy (non-hydrogen) atoms. The molecule has 3 aromatic carbocycles. The normalized spacial score (nSPS) is 13.2. The number of ether oxygens (including phenoxy) is 2. The highest BCUT2D eigenvalue weighted by Crippen LogP contribution is 2.55. The maximum Gasteiger partial charge on any atom is 0.145 e. The summed E-state index contributed by atoms with van der Waals surface area (Å²) in [5.74, 6) is 3.46. The van der Waals surface area contributed by atoms with Crippen molar-refractivity contribution in [2.24, 2.45) is 0 Å². The van der Waals surface area contributed by atoms with Crippen LogP contribution in [0.5, 0.6) is 23.0 Å². The summed E-state index contributed by atoms with van der Waals surface area (Å²) in [7, 11) is -0.870. The zero-order valence-electron chi connectivity index (χ0n) is 17.5. The Labute approximate surface area is 192 Å². The van der Waals surface area contributed by atoms with Crippen molar-refractivity contribution in [3.8, 4) is 45.5 Å². The summed E-state index contributed by atoms with van der Waals surface area (Å²) in [6, 6.07) is 30.7. The van der Waals surface area contributed by atoms with Gasteiger partial charge in [-0.1, -0.05) is 42.5 Å². The summed E-state index contributed by atoms with van der Waals surface area (Å²) in [4.78, 5) is 9.18. The molecule has 0 fully saturated rings. The predicted octanol–water partition coefficient (Wildman–Crippen LogP) is 5.78. The van der Waals surface area contributed by atoms with E-state index in [0.29, 0.717) is 0 Å². The molecular weight excluding hydrogens is 427 g/mol. The molecule has 0 radical (unpaired) electrons. The highest BCUT2D eigenvalue weighted by molar-refractivity contribution is 7.80. The number of fused-ring (bicyclic) bond motifs is 4. The summed E-state index contributed by atoms with van der Waals surface area (Å²) in [6.45, 7) is 0. The van der Waals surface area contributed by atoms with Crippen LogP contribution in [0.1, 0.15) is 0 Å². The van der Waals surface area contributed by atoms with Crippen LogP contribution in [0.2, 0.25) is 0 Å². The van der Waals surface area contributed by atoms with E-state index in [2.05, 4.69) is 46.4 Å². The largest absolute Gasteiger partial charge is 0.455 e. The Morgan fingerprint density at radius 1 is 0.515 bits per heavy atom. The van der Waals surface area contributed by atoms with Crippen LogP contribution in [0.3, 0.4) is 0 Å². The molecule has 2 aromatic heterocycles. The molecule has 0 spiro atoms. The molecule has 0 saturated carbocycles. The molecule has 2 aliphatic heterocycles. The smallest absolute Gasteiger partial charge is 0.145 e. The first kappa shape index (κ1) is 18.6. The van der Waals surface area contributed by atoms with Gasteiger partial charge in [0.25, 0.3) is 0 Å². The quantitative estimate of drug-likeness (QED) is 0.317. The average Bonchev–Trinajstić information content (AvgIpc) is 2.89. The van der Waals surface area contributed by atoms with E-state index in [1.165, 1.54) is 10.6 Å². The van der Waals surface area contributed by atoms with Crippen LogP contribution in [-0.2, 0) is 0 Å². The van der Waals surface area contributed by atoms with Gasteiger partial charge in [0.2, 0.25) is 0 Å². The molecule has 0 aliphatic carbocycles. The number of aromatic nitrogens is 2. The van der Waals surface area contributed by atoms with Gasteiger partial charge in [-0.15, -0.1) is 0 Å². The maximum absolute atomic E-state index is 6.52. The summed E-state index contributed by atoms with van der Waals surface area (Å²) in [6.07, 6.45) is 3.63. The summed E-state index contributed by atoms with van der Waals surface area (Å²) < 4.78 is 13.0. The number of rotatable bonds is 2. The Morgan fingerprint density at radius 2 is 1.03 bits per heavy atom. The monoisotopic (exact) mass is 444 g/mol. The summed E-state index contributed by atoms with van der Waals surface area (Å²) in [5.41, 5.74) is 3.81. The Morgan fingerprint density at radius 3 is 1.52 bits per heavy atom. The fourth-order valence-corrected chi connectivity index (χ4v) is 7.17. The molecule has 0 N–H and O–H groups in total. The molecule has 5 heteroatoms. The molecule has 0 amide bonds. The lowest BCUT2D eigenvalue weighted by molar-refractivity contribution is 0.468. The van der Waals surface area contributed by atoms with Gasteiger partial charge in [-0.05, 0) is 48.5 Å². The minimum atomic E-state index is -0.870. The molecule has 4 nitrogen and oxygen atoms in total. The third-order valence-electron chi connectivity index (χ3n) is 5.96. The maximum atomic E-state index is 6.52. The number of pyridine rings is 2. The Bertz CT molecular complexity index is 1410. The van der Waals surface area contributed by atoms with Gasteiger partial charge in [0.15, 0.2) is 0 Å². The fraction of sp³-hybridized carbons (Fsp3) is 0. The van der Waals surface area contributed by atoms with Crippen molar-refractivity contribution in [2.75, 3.05) is 0 Å². The van der Waals surface area contributed by atoms with Crippen molar-refractivity contribution >= 4 is 23.8 Å². The van der Waals surface area contributed by atoms with Crippen molar-refractivity contribution in [1.82, 2.24) is 9.97 Å². The van der Waals surface area contributed by atoms with E-state index in [-0.39, 0.29) is 0 Å². The molecule has 5 aromatic rings. The van der Waals surface area contributed by atoms with Gasteiger partial charge >= 0.3 is 0 Å². The molecule has 156 valence electrons. The zero-order chi connectivity index (χ0) is 21.8. The molecule has 7 rings (SSSR count). The van der Waals surface area contributed by atoms with Gasteiger partial charge in [-0.2, -0.15) is 0 Å². The number of benzene rings is 3. The highest BCUT2D eigenvalue weighted by Gasteiger charge is 2.38. The molecule has 0 bridgehead atoms. The van der Waals surface area contributed by atoms with E-state index >= 15 is 0 Å². The van der Waals surface area contributed by atoms with Gasteiger partial charge in [-0.25, -0.2) is 0 Å². The second-order valence-electron chi connectivity index (χ2n) is 7.88. The Kier molecular flexibility index (Phi) is 4.08. The molecule has 0 saturated heterocycles. The van der Waals surface area contributed by atoms with Gasteiger partial charge < -0.3 is 9.47 Å². The van der Waals surface area contributed by atoms with E-state index in [1.54, 1.807) is 0 Å². The van der Waals surface area contributed by atoms with Gasteiger partial charge in [0.1, 0.15) is 23.0 Å². The average molecular weight is 444 g/mol. The lowest BCUT2D eigenvalue weighted by Gasteiger charge is -2.35. The van der Waals surface area contributed by atoms with Crippen molar-refractivity contribution in [3.05, 3.63) is 103 Å². The number of para-hydroxylation sites is 2. The minimum Gasteiger partial charge on any atom is -0.455 e. The molecule has 0 atom stereocenters. The van der Waals surface area contributed by atoms with E-state index in [1.807, 2.05) is 67.0 Å². The van der Waals surface area contributed by atoms with Crippen LogP contribution >= 0.6 is 7.92 Å². The lowest BCUT2D eigenvalue weighted by Crippen LogP contribution is -2.32. The molecule has 2 aliphatic rings.